The highest BCUT2D eigenvalue weighted by Crippen LogP contribution is 2.18. The zero-order chi connectivity index (χ0) is 12.3. The highest BCUT2D eigenvalue weighted by Gasteiger charge is 2.04. The predicted octanol–water partition coefficient (Wildman–Crippen LogP) is 3.85. The third-order valence-electron chi connectivity index (χ3n) is 2.31. The molecule has 0 bridgehead atoms. The number of nitro groups is 1. The monoisotopic (exact) mass is 246 g/mol. The molecule has 17 heavy (non-hydrogen) atoms. The van der Waals surface area contributed by atoms with Gasteiger partial charge in [0.15, 0.2) is 0 Å². The molecular formula is C13H9ClNO2. The van der Waals surface area contributed by atoms with Gasteiger partial charge in [0.25, 0.3) is 5.69 Å². The molecule has 0 unspecified atom stereocenters. The molecule has 2 aromatic rings. The van der Waals surface area contributed by atoms with Gasteiger partial charge < -0.3 is 0 Å². The number of benzene rings is 2. The number of halogens is 1. The molecule has 0 aliphatic heterocycles. The fraction of sp³-hybridized carbons (Fsp3) is 0. The van der Waals surface area contributed by atoms with E-state index in [2.05, 4.69) is 0 Å². The second-order valence-corrected chi connectivity index (χ2v) is 3.98. The molecule has 4 heteroatoms. The molecule has 0 heterocycles. The lowest BCUT2D eigenvalue weighted by Crippen LogP contribution is -1.89. The van der Waals surface area contributed by atoms with Crippen LogP contribution < -0.4 is 0 Å². The second kappa shape index (κ2) is 4.97. The molecule has 3 nitrogen and oxygen atoms in total. The molecule has 0 spiro atoms. The number of rotatable bonds is 3. The summed E-state index contributed by atoms with van der Waals surface area (Å²) in [4.78, 5) is 10.1. The molecule has 0 amide bonds. The van der Waals surface area contributed by atoms with Crippen LogP contribution in [0.2, 0.25) is 5.02 Å². The van der Waals surface area contributed by atoms with Gasteiger partial charge in [-0.2, -0.15) is 0 Å². The maximum Gasteiger partial charge on any atom is 0.269 e. The average Bonchev–Trinajstić information content (AvgIpc) is 2.33. The zero-order valence-electron chi connectivity index (χ0n) is 8.84. The average molecular weight is 247 g/mol. The highest BCUT2D eigenvalue weighted by molar-refractivity contribution is 6.30. The van der Waals surface area contributed by atoms with E-state index in [1.165, 1.54) is 12.1 Å². The Kier molecular flexibility index (Phi) is 3.40. The summed E-state index contributed by atoms with van der Waals surface area (Å²) in [7, 11) is 0. The zero-order valence-corrected chi connectivity index (χ0v) is 9.59. The third-order valence-corrected chi connectivity index (χ3v) is 2.56. The van der Waals surface area contributed by atoms with Gasteiger partial charge in [0.2, 0.25) is 0 Å². The molecule has 0 saturated heterocycles. The standard InChI is InChI=1S/C13H9ClNO2/c14-12-5-1-10(2-6-12)9-11-3-7-13(8-4-11)15(16)17/h1-9H. The normalized spacial score (nSPS) is 10.2. The lowest BCUT2D eigenvalue weighted by atomic mass is 10.1. The van der Waals surface area contributed by atoms with Crippen LogP contribution in [0.25, 0.3) is 0 Å². The van der Waals surface area contributed by atoms with Crippen molar-refractivity contribution in [3.8, 4) is 0 Å². The van der Waals surface area contributed by atoms with Gasteiger partial charge >= 0.3 is 0 Å². The van der Waals surface area contributed by atoms with E-state index in [0.717, 1.165) is 11.1 Å². The molecule has 0 saturated carbocycles. The summed E-state index contributed by atoms with van der Waals surface area (Å²) in [5.74, 6) is 0. The molecule has 0 N–H and O–H groups in total. The van der Waals surface area contributed by atoms with Gasteiger partial charge in [0, 0.05) is 23.6 Å². The molecule has 0 aromatic heterocycles. The Hall–Kier alpha value is -1.87. The molecule has 0 fully saturated rings. The topological polar surface area (TPSA) is 43.1 Å². The number of hydrogen-bond acceptors (Lipinski definition) is 2. The van der Waals surface area contributed by atoms with Crippen molar-refractivity contribution >= 4 is 17.3 Å². The minimum atomic E-state index is -0.411. The summed E-state index contributed by atoms with van der Waals surface area (Å²) in [6, 6.07) is 13.8. The SMILES string of the molecule is O=[N+]([O-])c1ccc([CH]c2ccc(Cl)cc2)cc1. The van der Waals surface area contributed by atoms with Gasteiger partial charge in [-0.1, -0.05) is 35.9 Å². The van der Waals surface area contributed by atoms with Crippen molar-refractivity contribution in [1.29, 1.82) is 0 Å². The first kappa shape index (κ1) is 11.6. The van der Waals surface area contributed by atoms with Crippen molar-refractivity contribution in [2.24, 2.45) is 0 Å². The number of nitrogens with zero attached hydrogens (tertiary/aromatic N) is 1. The molecule has 85 valence electrons. The van der Waals surface area contributed by atoms with Gasteiger partial charge in [-0.3, -0.25) is 10.1 Å². The largest absolute Gasteiger partial charge is 0.269 e. The van der Waals surface area contributed by atoms with Gasteiger partial charge in [0.05, 0.1) is 4.92 Å². The van der Waals surface area contributed by atoms with Crippen molar-refractivity contribution in [3.05, 3.63) is 81.2 Å². The van der Waals surface area contributed by atoms with Gasteiger partial charge in [-0.05, 0) is 23.3 Å². The van der Waals surface area contributed by atoms with E-state index in [-0.39, 0.29) is 5.69 Å². The maximum atomic E-state index is 10.5. The molecule has 0 aliphatic rings. The summed E-state index contributed by atoms with van der Waals surface area (Å²) < 4.78 is 0. The smallest absolute Gasteiger partial charge is 0.258 e. The van der Waals surface area contributed by atoms with E-state index in [1.807, 2.05) is 18.6 Å². The Morgan fingerprint density at radius 1 is 0.941 bits per heavy atom. The first-order chi connectivity index (χ1) is 8.15. The molecule has 0 aliphatic carbocycles. The molecular weight excluding hydrogens is 238 g/mol. The summed E-state index contributed by atoms with van der Waals surface area (Å²) >= 11 is 5.78. The van der Waals surface area contributed by atoms with Crippen LogP contribution in [0.5, 0.6) is 0 Å². The van der Waals surface area contributed by atoms with Gasteiger partial charge in [-0.15, -0.1) is 0 Å². The fourth-order valence-corrected chi connectivity index (χ4v) is 1.57. The second-order valence-electron chi connectivity index (χ2n) is 3.54. The van der Waals surface area contributed by atoms with E-state index >= 15 is 0 Å². The van der Waals surface area contributed by atoms with Crippen LogP contribution in [0, 0.1) is 16.5 Å². The first-order valence-corrected chi connectivity index (χ1v) is 5.38. The summed E-state index contributed by atoms with van der Waals surface area (Å²) in [6.07, 6.45) is 1.93. The van der Waals surface area contributed by atoms with Crippen molar-refractivity contribution in [3.63, 3.8) is 0 Å². The fourth-order valence-electron chi connectivity index (χ4n) is 1.44. The third kappa shape index (κ3) is 3.04. The Morgan fingerprint density at radius 2 is 1.41 bits per heavy atom. The summed E-state index contributed by atoms with van der Waals surface area (Å²) in [5.41, 5.74) is 2.01. The van der Waals surface area contributed by atoms with Crippen LogP contribution in [-0.2, 0) is 0 Å². The maximum absolute atomic E-state index is 10.5. The highest BCUT2D eigenvalue weighted by atomic mass is 35.5. The van der Waals surface area contributed by atoms with Gasteiger partial charge in [0.1, 0.15) is 0 Å². The number of nitro benzene ring substituents is 1. The van der Waals surface area contributed by atoms with Gasteiger partial charge in [-0.25, -0.2) is 0 Å². The molecule has 1 radical (unpaired) electrons. The van der Waals surface area contributed by atoms with E-state index in [0.29, 0.717) is 5.02 Å². The van der Waals surface area contributed by atoms with Crippen molar-refractivity contribution in [2.75, 3.05) is 0 Å². The molecule has 2 aromatic carbocycles. The van der Waals surface area contributed by atoms with Crippen LogP contribution in [0.1, 0.15) is 11.1 Å². The van der Waals surface area contributed by atoms with Crippen molar-refractivity contribution < 1.29 is 4.92 Å². The van der Waals surface area contributed by atoms with Crippen molar-refractivity contribution in [1.82, 2.24) is 0 Å². The van der Waals surface area contributed by atoms with Crippen LogP contribution in [0.4, 0.5) is 5.69 Å². The molecule has 2 rings (SSSR count). The summed E-state index contributed by atoms with van der Waals surface area (Å²) in [6.45, 7) is 0. The van der Waals surface area contributed by atoms with Crippen LogP contribution in [0.15, 0.2) is 48.5 Å². The minimum absolute atomic E-state index is 0.0956. The van der Waals surface area contributed by atoms with Crippen molar-refractivity contribution in [2.45, 2.75) is 0 Å². The molecule has 0 atom stereocenters. The van der Waals surface area contributed by atoms with E-state index in [4.69, 9.17) is 11.6 Å². The Morgan fingerprint density at radius 3 is 1.88 bits per heavy atom. The minimum Gasteiger partial charge on any atom is -0.258 e. The van der Waals surface area contributed by atoms with Crippen LogP contribution >= 0.6 is 11.6 Å². The Balaban J connectivity index is 2.13. The lowest BCUT2D eigenvalue weighted by molar-refractivity contribution is -0.384. The van der Waals surface area contributed by atoms with E-state index in [1.54, 1.807) is 24.3 Å². The quantitative estimate of drug-likeness (QED) is 0.610. The van der Waals surface area contributed by atoms with E-state index < -0.39 is 4.92 Å². The van der Waals surface area contributed by atoms with Crippen LogP contribution in [-0.4, -0.2) is 4.92 Å². The number of non-ortho nitro benzene ring substituents is 1. The number of hydrogen-bond donors (Lipinski definition) is 0. The van der Waals surface area contributed by atoms with Crippen LogP contribution in [0.3, 0.4) is 0 Å². The summed E-state index contributed by atoms with van der Waals surface area (Å²) in [5, 5.41) is 11.2. The predicted molar refractivity (Wildman–Crippen MR) is 67.1 cm³/mol. The van der Waals surface area contributed by atoms with E-state index in [9.17, 15) is 10.1 Å². The Labute approximate surface area is 104 Å². The Bertz CT molecular complexity index is 520. The first-order valence-electron chi connectivity index (χ1n) is 5.00. The lowest BCUT2D eigenvalue weighted by Gasteiger charge is -2.01.